The van der Waals surface area contributed by atoms with E-state index in [9.17, 15) is 18.0 Å². The molecule has 0 spiro atoms. The van der Waals surface area contributed by atoms with Crippen LogP contribution in [0.1, 0.15) is 12.0 Å². The second-order valence-corrected chi connectivity index (χ2v) is 6.84. The summed E-state index contributed by atoms with van der Waals surface area (Å²) in [5, 5.41) is 0. The van der Waals surface area contributed by atoms with Crippen LogP contribution in [0.3, 0.4) is 0 Å². The van der Waals surface area contributed by atoms with Crippen LogP contribution < -0.4 is 9.64 Å². The van der Waals surface area contributed by atoms with Crippen LogP contribution in [-0.2, 0) is 15.7 Å². The maximum Gasteiger partial charge on any atom is 0.417 e. The molecule has 1 amide bonds. The number of nitrogens with zero attached hydrogens (tertiary/aromatic N) is 3. The van der Waals surface area contributed by atoms with Crippen molar-refractivity contribution in [2.75, 3.05) is 50.9 Å². The molecule has 0 radical (unpaired) electrons. The first kappa shape index (κ1) is 21.9. The minimum absolute atomic E-state index is 0.0311. The second-order valence-electron chi connectivity index (χ2n) is 6.84. The van der Waals surface area contributed by atoms with E-state index in [2.05, 4.69) is 4.98 Å². The first-order valence-corrected chi connectivity index (χ1v) is 9.75. The van der Waals surface area contributed by atoms with Gasteiger partial charge in [0.25, 0.3) is 0 Å². The van der Waals surface area contributed by atoms with Crippen molar-refractivity contribution in [2.24, 2.45) is 0 Å². The third kappa shape index (κ3) is 6.35. The minimum Gasteiger partial charge on any atom is -0.491 e. The number of halogens is 3. The number of anilines is 1. The van der Waals surface area contributed by atoms with E-state index in [0.29, 0.717) is 51.6 Å². The fraction of sp³-hybridized carbons (Fsp3) is 0.429. The number of alkyl halides is 3. The van der Waals surface area contributed by atoms with Gasteiger partial charge in [-0.3, -0.25) is 4.79 Å². The van der Waals surface area contributed by atoms with Gasteiger partial charge >= 0.3 is 6.18 Å². The second kappa shape index (κ2) is 10.3. The molecule has 1 aliphatic rings. The summed E-state index contributed by atoms with van der Waals surface area (Å²) in [5.74, 6) is 1.11. The highest BCUT2D eigenvalue weighted by Gasteiger charge is 2.31. The topological polar surface area (TPSA) is 54.9 Å². The van der Waals surface area contributed by atoms with E-state index < -0.39 is 11.7 Å². The lowest BCUT2D eigenvalue weighted by Crippen LogP contribution is -2.37. The van der Waals surface area contributed by atoms with Crippen LogP contribution in [0.5, 0.6) is 5.75 Å². The molecule has 0 bridgehead atoms. The Hall–Kier alpha value is -2.81. The molecule has 3 rings (SSSR count). The molecule has 0 N–H and O–H groups in total. The zero-order chi connectivity index (χ0) is 21.4. The lowest BCUT2D eigenvalue weighted by molar-refractivity contribution is -0.138. The van der Waals surface area contributed by atoms with Crippen LogP contribution >= 0.6 is 0 Å². The van der Waals surface area contributed by atoms with Gasteiger partial charge in [0, 0.05) is 32.4 Å². The number of carbonyl (C=O) groups is 1. The molecule has 1 aromatic carbocycles. The van der Waals surface area contributed by atoms with Gasteiger partial charge in [-0.05, 0) is 30.7 Å². The molecule has 0 unspecified atom stereocenters. The fourth-order valence-corrected chi connectivity index (χ4v) is 3.12. The predicted octanol–water partition coefficient (Wildman–Crippen LogP) is 3.23. The van der Waals surface area contributed by atoms with E-state index in [-0.39, 0.29) is 12.5 Å². The van der Waals surface area contributed by atoms with E-state index in [1.165, 1.54) is 6.07 Å². The van der Waals surface area contributed by atoms with Crippen molar-refractivity contribution in [1.82, 2.24) is 9.88 Å². The first-order chi connectivity index (χ1) is 14.4. The summed E-state index contributed by atoms with van der Waals surface area (Å²) in [6.45, 7) is 2.78. The normalized spacial score (nSPS) is 15.0. The van der Waals surface area contributed by atoms with Gasteiger partial charge in [-0.1, -0.05) is 18.2 Å². The molecule has 0 aliphatic carbocycles. The molecular weight excluding hydrogens is 399 g/mol. The van der Waals surface area contributed by atoms with E-state index >= 15 is 0 Å². The lowest BCUT2D eigenvalue weighted by Gasteiger charge is -2.23. The number of para-hydroxylation sites is 1. The van der Waals surface area contributed by atoms with Crippen molar-refractivity contribution < 1.29 is 27.4 Å². The number of amides is 1. The van der Waals surface area contributed by atoms with Crippen LogP contribution in [0.15, 0.2) is 48.7 Å². The van der Waals surface area contributed by atoms with Crippen molar-refractivity contribution in [1.29, 1.82) is 0 Å². The molecule has 30 heavy (non-hydrogen) atoms. The summed E-state index contributed by atoms with van der Waals surface area (Å²) >= 11 is 0. The molecule has 0 atom stereocenters. The highest BCUT2D eigenvalue weighted by atomic mass is 19.4. The number of hydrogen-bond donors (Lipinski definition) is 0. The van der Waals surface area contributed by atoms with E-state index in [0.717, 1.165) is 18.0 Å². The highest BCUT2D eigenvalue weighted by molar-refractivity contribution is 5.77. The van der Waals surface area contributed by atoms with E-state index in [1.807, 2.05) is 35.2 Å². The van der Waals surface area contributed by atoms with E-state index in [1.54, 1.807) is 4.90 Å². The van der Waals surface area contributed by atoms with Gasteiger partial charge in [-0.25, -0.2) is 4.98 Å². The molecule has 2 heterocycles. The fourth-order valence-electron chi connectivity index (χ4n) is 3.12. The molecule has 2 aromatic rings. The Bertz CT molecular complexity index is 801. The Morgan fingerprint density at radius 1 is 1.00 bits per heavy atom. The number of hydrogen-bond acceptors (Lipinski definition) is 5. The SMILES string of the molecule is O=C(COCCOc1ccccc1)N1CCCN(c2ccc(C(F)(F)F)cn2)CC1. The van der Waals surface area contributed by atoms with Gasteiger partial charge in [0.05, 0.1) is 12.2 Å². The van der Waals surface area contributed by atoms with Crippen LogP contribution in [0.2, 0.25) is 0 Å². The zero-order valence-corrected chi connectivity index (χ0v) is 16.5. The quantitative estimate of drug-likeness (QED) is 0.640. The average molecular weight is 423 g/mol. The number of aromatic nitrogens is 1. The van der Waals surface area contributed by atoms with Crippen molar-refractivity contribution in [3.8, 4) is 5.75 Å². The van der Waals surface area contributed by atoms with Gasteiger partial charge in [-0.15, -0.1) is 0 Å². The van der Waals surface area contributed by atoms with Gasteiger partial charge < -0.3 is 19.3 Å². The number of ether oxygens (including phenoxy) is 2. The third-order valence-corrected chi connectivity index (χ3v) is 4.71. The molecule has 162 valence electrons. The van der Waals surface area contributed by atoms with Crippen LogP contribution in [0.25, 0.3) is 0 Å². The predicted molar refractivity (Wildman–Crippen MR) is 105 cm³/mol. The summed E-state index contributed by atoms with van der Waals surface area (Å²) < 4.78 is 49.0. The van der Waals surface area contributed by atoms with Crippen LogP contribution in [-0.4, -0.2) is 61.8 Å². The highest BCUT2D eigenvalue weighted by Crippen LogP contribution is 2.29. The van der Waals surface area contributed by atoms with Crippen molar-refractivity contribution in [3.63, 3.8) is 0 Å². The molecule has 1 fully saturated rings. The summed E-state index contributed by atoms with van der Waals surface area (Å²) in [5.41, 5.74) is -0.772. The molecule has 1 aliphatic heterocycles. The maximum absolute atomic E-state index is 12.7. The molecule has 1 aromatic heterocycles. The summed E-state index contributed by atoms with van der Waals surface area (Å²) in [7, 11) is 0. The number of pyridine rings is 1. The monoisotopic (exact) mass is 423 g/mol. The maximum atomic E-state index is 12.7. The summed E-state index contributed by atoms with van der Waals surface area (Å²) in [6.07, 6.45) is -2.86. The Balaban J connectivity index is 1.40. The summed E-state index contributed by atoms with van der Waals surface area (Å²) in [6, 6.07) is 11.8. The lowest BCUT2D eigenvalue weighted by atomic mass is 10.2. The number of rotatable bonds is 7. The van der Waals surface area contributed by atoms with Crippen LogP contribution in [0, 0.1) is 0 Å². The minimum atomic E-state index is -4.40. The molecule has 9 heteroatoms. The molecular formula is C21H24F3N3O3. The van der Waals surface area contributed by atoms with Gasteiger partial charge in [0.2, 0.25) is 5.91 Å². The average Bonchev–Trinajstić information content (AvgIpc) is 3.00. The molecule has 0 saturated carbocycles. The zero-order valence-electron chi connectivity index (χ0n) is 16.5. The standard InChI is InChI=1S/C21H24F3N3O3/c22-21(23,24)17-7-8-19(25-15-17)26-9-4-10-27(12-11-26)20(28)16-29-13-14-30-18-5-2-1-3-6-18/h1-3,5-8,15H,4,9-14,16H2. The number of benzene rings is 1. The largest absolute Gasteiger partial charge is 0.491 e. The Labute approximate surface area is 173 Å². The van der Waals surface area contributed by atoms with Gasteiger partial charge in [0.1, 0.15) is 24.8 Å². The van der Waals surface area contributed by atoms with Crippen molar-refractivity contribution in [2.45, 2.75) is 12.6 Å². The van der Waals surface area contributed by atoms with E-state index in [4.69, 9.17) is 9.47 Å². The molecule has 1 saturated heterocycles. The third-order valence-electron chi connectivity index (χ3n) is 4.71. The Morgan fingerprint density at radius 2 is 1.80 bits per heavy atom. The summed E-state index contributed by atoms with van der Waals surface area (Å²) in [4.78, 5) is 19.9. The van der Waals surface area contributed by atoms with Gasteiger partial charge in [-0.2, -0.15) is 13.2 Å². The molecule has 6 nitrogen and oxygen atoms in total. The van der Waals surface area contributed by atoms with Gasteiger partial charge in [0.15, 0.2) is 0 Å². The van der Waals surface area contributed by atoms with Crippen molar-refractivity contribution >= 4 is 11.7 Å². The Morgan fingerprint density at radius 3 is 2.50 bits per heavy atom. The smallest absolute Gasteiger partial charge is 0.417 e. The number of carbonyl (C=O) groups excluding carboxylic acids is 1. The van der Waals surface area contributed by atoms with Crippen LogP contribution in [0.4, 0.5) is 19.0 Å². The van der Waals surface area contributed by atoms with Crippen molar-refractivity contribution in [3.05, 3.63) is 54.2 Å². The Kier molecular flexibility index (Phi) is 7.51. The first-order valence-electron chi connectivity index (χ1n) is 9.75.